The number of benzene rings is 3. The summed E-state index contributed by atoms with van der Waals surface area (Å²) < 4.78 is 18.1. The first-order valence-corrected chi connectivity index (χ1v) is 11.7. The standard InChI is InChI=1S/C26H14Br2O6/c27-16-3-1-14(2-4-16)22(29)13-32-18-6-7-19-20(12-25(30)33-24(19)11-18)21-10-15-9-17(28)5-8-23(15)34-26(21)31/h1-12H,13H2. The summed E-state index contributed by atoms with van der Waals surface area (Å²) in [4.78, 5) is 37.4. The molecule has 5 aromatic rings. The Morgan fingerprint density at radius 1 is 0.765 bits per heavy atom. The molecule has 168 valence electrons. The van der Waals surface area contributed by atoms with Gasteiger partial charge in [0.05, 0.1) is 5.56 Å². The van der Waals surface area contributed by atoms with E-state index in [0.717, 1.165) is 8.95 Å². The zero-order chi connectivity index (χ0) is 23.8. The van der Waals surface area contributed by atoms with Crippen molar-refractivity contribution in [2.45, 2.75) is 0 Å². The summed E-state index contributed by atoms with van der Waals surface area (Å²) in [6.07, 6.45) is 0. The zero-order valence-electron chi connectivity index (χ0n) is 17.3. The van der Waals surface area contributed by atoms with Gasteiger partial charge in [-0.1, -0.05) is 44.0 Å². The van der Waals surface area contributed by atoms with E-state index in [1.165, 1.54) is 12.1 Å². The number of carbonyl (C=O) groups is 1. The van der Waals surface area contributed by atoms with Gasteiger partial charge in [0.15, 0.2) is 12.4 Å². The molecule has 34 heavy (non-hydrogen) atoms. The van der Waals surface area contributed by atoms with Crippen LogP contribution >= 0.6 is 31.9 Å². The number of hydrogen-bond donors (Lipinski definition) is 0. The van der Waals surface area contributed by atoms with Crippen molar-refractivity contribution in [1.82, 2.24) is 0 Å². The Morgan fingerprint density at radius 2 is 1.53 bits per heavy atom. The molecule has 0 aliphatic carbocycles. The van der Waals surface area contributed by atoms with Crippen LogP contribution in [0.25, 0.3) is 33.1 Å². The molecule has 8 heteroatoms. The van der Waals surface area contributed by atoms with Gasteiger partial charge in [-0.05, 0) is 48.5 Å². The highest BCUT2D eigenvalue weighted by molar-refractivity contribution is 9.10. The van der Waals surface area contributed by atoms with Gasteiger partial charge in [-0.25, -0.2) is 9.59 Å². The van der Waals surface area contributed by atoms with Crippen molar-refractivity contribution in [3.63, 3.8) is 0 Å². The van der Waals surface area contributed by atoms with Gasteiger partial charge in [-0.2, -0.15) is 0 Å². The van der Waals surface area contributed by atoms with Crippen molar-refractivity contribution >= 4 is 59.6 Å². The molecule has 5 rings (SSSR count). The molecule has 6 nitrogen and oxygen atoms in total. The number of ether oxygens (including phenoxy) is 1. The van der Waals surface area contributed by atoms with Gasteiger partial charge in [-0.3, -0.25) is 4.79 Å². The molecule has 0 saturated heterocycles. The van der Waals surface area contributed by atoms with Crippen molar-refractivity contribution in [3.05, 3.63) is 108 Å². The van der Waals surface area contributed by atoms with Crippen molar-refractivity contribution in [1.29, 1.82) is 0 Å². The highest BCUT2D eigenvalue weighted by atomic mass is 79.9. The maximum atomic E-state index is 12.7. The number of ketones is 1. The number of fused-ring (bicyclic) bond motifs is 2. The van der Waals surface area contributed by atoms with Crippen LogP contribution in [-0.4, -0.2) is 12.4 Å². The van der Waals surface area contributed by atoms with E-state index < -0.39 is 11.3 Å². The summed E-state index contributed by atoms with van der Waals surface area (Å²) in [5.41, 5.74) is 0.621. The van der Waals surface area contributed by atoms with E-state index in [0.29, 0.717) is 33.2 Å². The highest BCUT2D eigenvalue weighted by Crippen LogP contribution is 2.30. The Labute approximate surface area is 209 Å². The molecule has 2 heterocycles. The van der Waals surface area contributed by atoms with E-state index in [1.54, 1.807) is 54.6 Å². The molecule has 0 radical (unpaired) electrons. The van der Waals surface area contributed by atoms with Crippen LogP contribution in [0.15, 0.2) is 100 Å². The lowest BCUT2D eigenvalue weighted by atomic mass is 10.0. The lowest BCUT2D eigenvalue weighted by Crippen LogP contribution is -2.11. The summed E-state index contributed by atoms with van der Waals surface area (Å²) >= 11 is 6.74. The Bertz CT molecular complexity index is 1680. The normalized spacial score (nSPS) is 11.1. The number of rotatable bonds is 5. The third kappa shape index (κ3) is 4.47. The second-order valence-corrected chi connectivity index (χ2v) is 9.32. The summed E-state index contributed by atoms with van der Waals surface area (Å²) in [6, 6.07) is 20.1. The van der Waals surface area contributed by atoms with E-state index in [4.69, 9.17) is 13.6 Å². The maximum Gasteiger partial charge on any atom is 0.344 e. The van der Waals surface area contributed by atoms with Gasteiger partial charge < -0.3 is 13.6 Å². The van der Waals surface area contributed by atoms with Crippen LogP contribution < -0.4 is 16.0 Å². The maximum absolute atomic E-state index is 12.7. The molecule has 0 atom stereocenters. The van der Waals surface area contributed by atoms with E-state index in [1.807, 2.05) is 6.07 Å². The molecule has 0 unspecified atom stereocenters. The molecule has 0 fully saturated rings. The SMILES string of the molecule is O=C(COc1ccc2c(-c3cc4cc(Br)ccc4oc3=O)cc(=O)oc2c1)c1ccc(Br)cc1. The molecular formula is C26H14Br2O6. The van der Waals surface area contributed by atoms with Crippen LogP contribution in [0.1, 0.15) is 10.4 Å². The minimum Gasteiger partial charge on any atom is -0.485 e. The lowest BCUT2D eigenvalue weighted by Gasteiger charge is -2.09. The summed E-state index contributed by atoms with van der Waals surface area (Å²) in [6.45, 7) is -0.180. The van der Waals surface area contributed by atoms with Crippen molar-refractivity contribution < 1.29 is 18.4 Å². The van der Waals surface area contributed by atoms with E-state index >= 15 is 0 Å². The molecule has 0 aliphatic heterocycles. The van der Waals surface area contributed by atoms with Crippen LogP contribution in [0.3, 0.4) is 0 Å². The molecule has 0 spiro atoms. The zero-order valence-corrected chi connectivity index (χ0v) is 20.5. The van der Waals surface area contributed by atoms with Crippen LogP contribution in [0.2, 0.25) is 0 Å². The minimum atomic E-state index is -0.626. The fraction of sp³-hybridized carbons (Fsp3) is 0.0385. The summed E-state index contributed by atoms with van der Waals surface area (Å²) in [5, 5.41) is 1.24. The van der Waals surface area contributed by atoms with Crippen LogP contribution in [0, 0.1) is 0 Å². The van der Waals surface area contributed by atoms with Crippen molar-refractivity contribution in [3.8, 4) is 16.9 Å². The summed E-state index contributed by atoms with van der Waals surface area (Å²) in [7, 11) is 0. The Balaban J connectivity index is 1.50. The molecule has 2 aromatic heterocycles. The molecule has 3 aromatic carbocycles. The predicted octanol–water partition coefficient (Wildman–Crippen LogP) is 6.35. The van der Waals surface area contributed by atoms with Gasteiger partial charge in [0.25, 0.3) is 0 Å². The second-order valence-electron chi connectivity index (χ2n) is 7.49. The van der Waals surface area contributed by atoms with Gasteiger partial charge in [0.1, 0.15) is 16.9 Å². The molecule has 0 N–H and O–H groups in total. The molecular weight excluding hydrogens is 568 g/mol. The molecule has 0 bridgehead atoms. The topological polar surface area (TPSA) is 86.7 Å². The third-order valence-electron chi connectivity index (χ3n) is 5.24. The molecule has 0 saturated carbocycles. The largest absolute Gasteiger partial charge is 0.485 e. The number of halogens is 2. The van der Waals surface area contributed by atoms with Crippen molar-refractivity contribution in [2.75, 3.05) is 6.61 Å². The average molecular weight is 582 g/mol. The van der Waals surface area contributed by atoms with Crippen molar-refractivity contribution in [2.24, 2.45) is 0 Å². The average Bonchev–Trinajstić information content (AvgIpc) is 2.82. The number of Topliss-reactive ketones (excluding diaryl/α,β-unsaturated/α-hetero) is 1. The Morgan fingerprint density at radius 3 is 2.32 bits per heavy atom. The van der Waals surface area contributed by atoms with Gasteiger partial charge in [0, 0.05) is 43.0 Å². The fourth-order valence-corrected chi connectivity index (χ4v) is 4.25. The van der Waals surface area contributed by atoms with Crippen LogP contribution in [0.4, 0.5) is 0 Å². The first-order chi connectivity index (χ1) is 16.4. The van der Waals surface area contributed by atoms with Gasteiger partial charge >= 0.3 is 11.3 Å². The van der Waals surface area contributed by atoms with E-state index in [2.05, 4.69) is 31.9 Å². The smallest absolute Gasteiger partial charge is 0.344 e. The first-order valence-electron chi connectivity index (χ1n) is 10.1. The minimum absolute atomic E-state index is 0.180. The van der Waals surface area contributed by atoms with Gasteiger partial charge in [0.2, 0.25) is 0 Å². The van der Waals surface area contributed by atoms with Crippen LogP contribution in [0.5, 0.6) is 5.75 Å². The fourth-order valence-electron chi connectivity index (χ4n) is 3.61. The Hall–Kier alpha value is -3.49. The van der Waals surface area contributed by atoms with Crippen LogP contribution in [-0.2, 0) is 0 Å². The lowest BCUT2D eigenvalue weighted by molar-refractivity contribution is 0.0921. The highest BCUT2D eigenvalue weighted by Gasteiger charge is 2.15. The first kappa shape index (κ1) is 22.3. The Kier molecular flexibility index (Phi) is 5.93. The molecule has 0 amide bonds. The summed E-state index contributed by atoms with van der Waals surface area (Å²) in [5.74, 6) is 0.162. The second kappa shape index (κ2) is 9.04. The monoisotopic (exact) mass is 580 g/mol. The predicted molar refractivity (Wildman–Crippen MR) is 136 cm³/mol. The number of hydrogen-bond acceptors (Lipinski definition) is 6. The molecule has 0 aliphatic rings. The van der Waals surface area contributed by atoms with E-state index in [9.17, 15) is 14.4 Å². The quantitative estimate of drug-likeness (QED) is 0.177. The number of carbonyl (C=O) groups excluding carboxylic acids is 1. The van der Waals surface area contributed by atoms with E-state index in [-0.39, 0.29) is 23.5 Å². The van der Waals surface area contributed by atoms with Gasteiger partial charge in [-0.15, -0.1) is 0 Å². The third-order valence-corrected chi connectivity index (χ3v) is 6.26.